The number of unbranched alkanes of at least 4 members (excludes halogenated alkanes) is 4. The van der Waals surface area contributed by atoms with Crippen molar-refractivity contribution in [3.05, 3.63) is 52.0 Å². The summed E-state index contributed by atoms with van der Waals surface area (Å²) < 4.78 is 0. The highest BCUT2D eigenvalue weighted by Crippen LogP contribution is 2.21. The van der Waals surface area contributed by atoms with Gasteiger partial charge >= 0.3 is 0 Å². The number of rotatable bonds is 9. The summed E-state index contributed by atoms with van der Waals surface area (Å²) in [4.78, 5) is 35.6. The SMILES string of the molecule is CCCCCCCc1ccc(C(=O)N2CC(N3CCN(C(=O)c4nccs4)CC3)C2)cc1. The minimum absolute atomic E-state index is 0.0365. The predicted molar refractivity (Wildman–Crippen MR) is 128 cm³/mol. The molecule has 1 aromatic carbocycles. The van der Waals surface area contributed by atoms with Crippen LogP contribution in [0, 0.1) is 0 Å². The molecule has 6 nitrogen and oxygen atoms in total. The first-order valence-electron chi connectivity index (χ1n) is 12.0. The van der Waals surface area contributed by atoms with Gasteiger partial charge in [0.15, 0.2) is 5.01 Å². The summed E-state index contributed by atoms with van der Waals surface area (Å²) in [6.45, 7) is 6.96. The monoisotopic (exact) mass is 454 g/mol. The molecule has 2 amide bonds. The molecule has 3 heterocycles. The van der Waals surface area contributed by atoms with Gasteiger partial charge in [-0.05, 0) is 30.5 Å². The van der Waals surface area contributed by atoms with Crippen LogP contribution in [0.5, 0.6) is 0 Å². The molecule has 2 fully saturated rings. The number of likely N-dealkylation sites (tertiary alicyclic amines) is 1. The van der Waals surface area contributed by atoms with E-state index in [1.807, 2.05) is 27.3 Å². The van der Waals surface area contributed by atoms with Crippen LogP contribution in [0.2, 0.25) is 0 Å². The fraction of sp³-hybridized carbons (Fsp3) is 0.560. The van der Waals surface area contributed by atoms with Crippen molar-refractivity contribution in [2.75, 3.05) is 39.3 Å². The van der Waals surface area contributed by atoms with Gasteiger partial charge in [0.2, 0.25) is 0 Å². The van der Waals surface area contributed by atoms with Crippen LogP contribution < -0.4 is 0 Å². The molecule has 0 unspecified atom stereocenters. The molecule has 0 spiro atoms. The van der Waals surface area contributed by atoms with E-state index in [4.69, 9.17) is 0 Å². The van der Waals surface area contributed by atoms with Crippen molar-refractivity contribution in [1.82, 2.24) is 19.7 Å². The number of benzene rings is 1. The average Bonchev–Trinajstić information content (AvgIpc) is 3.33. The Morgan fingerprint density at radius 2 is 1.66 bits per heavy atom. The predicted octanol–water partition coefficient (Wildman–Crippen LogP) is 3.94. The number of hydrogen-bond donors (Lipinski definition) is 0. The lowest BCUT2D eigenvalue weighted by Crippen LogP contribution is -2.64. The number of piperazine rings is 1. The Balaban J connectivity index is 1.18. The molecule has 2 aromatic rings. The number of thiazole rings is 1. The third kappa shape index (κ3) is 5.56. The smallest absolute Gasteiger partial charge is 0.282 e. The Morgan fingerprint density at radius 1 is 0.938 bits per heavy atom. The van der Waals surface area contributed by atoms with Crippen molar-refractivity contribution < 1.29 is 9.59 Å². The molecule has 4 rings (SSSR count). The van der Waals surface area contributed by atoms with Gasteiger partial charge in [0.05, 0.1) is 0 Å². The van der Waals surface area contributed by atoms with Crippen LogP contribution in [0.3, 0.4) is 0 Å². The lowest BCUT2D eigenvalue weighted by atomic mass is 10.0. The van der Waals surface area contributed by atoms with Crippen LogP contribution >= 0.6 is 11.3 Å². The Hall–Kier alpha value is -2.25. The molecule has 1 aromatic heterocycles. The highest BCUT2D eigenvalue weighted by atomic mass is 32.1. The van der Waals surface area contributed by atoms with Gasteiger partial charge in [-0.3, -0.25) is 14.5 Å². The van der Waals surface area contributed by atoms with Crippen molar-refractivity contribution >= 4 is 23.2 Å². The highest BCUT2D eigenvalue weighted by molar-refractivity contribution is 7.11. The number of aryl methyl sites for hydroxylation is 1. The molecule has 0 bridgehead atoms. The van der Waals surface area contributed by atoms with E-state index in [9.17, 15) is 9.59 Å². The molecule has 0 atom stereocenters. The van der Waals surface area contributed by atoms with Gasteiger partial charge in [0, 0.05) is 62.5 Å². The van der Waals surface area contributed by atoms with Crippen molar-refractivity contribution in [2.45, 2.75) is 51.5 Å². The summed E-state index contributed by atoms with van der Waals surface area (Å²) in [5.41, 5.74) is 2.11. The van der Waals surface area contributed by atoms with Crippen LogP contribution in [-0.4, -0.2) is 76.8 Å². The van der Waals surface area contributed by atoms with Gasteiger partial charge in [-0.25, -0.2) is 4.98 Å². The normalized spacial score (nSPS) is 17.4. The molecule has 32 heavy (non-hydrogen) atoms. The Bertz CT molecular complexity index is 870. The fourth-order valence-electron chi connectivity index (χ4n) is 4.54. The van der Waals surface area contributed by atoms with E-state index in [-0.39, 0.29) is 11.8 Å². The van der Waals surface area contributed by atoms with Crippen LogP contribution in [0.15, 0.2) is 35.8 Å². The van der Waals surface area contributed by atoms with Crippen molar-refractivity contribution in [3.8, 4) is 0 Å². The zero-order valence-electron chi connectivity index (χ0n) is 19.0. The van der Waals surface area contributed by atoms with Crippen molar-refractivity contribution in [2.24, 2.45) is 0 Å². The number of aromatic nitrogens is 1. The summed E-state index contributed by atoms with van der Waals surface area (Å²) in [6, 6.07) is 8.60. The largest absolute Gasteiger partial charge is 0.335 e. The van der Waals surface area contributed by atoms with E-state index in [0.29, 0.717) is 11.0 Å². The molecule has 0 saturated carbocycles. The van der Waals surface area contributed by atoms with Crippen LogP contribution in [0.25, 0.3) is 0 Å². The second kappa shape index (κ2) is 11.1. The molecule has 172 valence electrons. The summed E-state index contributed by atoms with van der Waals surface area (Å²) >= 11 is 1.40. The molecule has 0 N–H and O–H groups in total. The molecule has 0 radical (unpaired) electrons. The minimum atomic E-state index is 0.0365. The highest BCUT2D eigenvalue weighted by Gasteiger charge is 2.37. The standard InChI is InChI=1S/C25H34N4O2S/c1-2-3-4-5-6-7-20-8-10-21(11-9-20)24(30)29-18-22(19-29)27-13-15-28(16-14-27)25(31)23-26-12-17-32-23/h8-12,17,22H,2-7,13-16,18-19H2,1H3. The van der Waals surface area contributed by atoms with E-state index in [0.717, 1.165) is 51.3 Å². The topological polar surface area (TPSA) is 56.8 Å². The lowest BCUT2D eigenvalue weighted by molar-refractivity contribution is 0.00853. The fourth-order valence-corrected chi connectivity index (χ4v) is 5.14. The van der Waals surface area contributed by atoms with Crippen molar-refractivity contribution in [3.63, 3.8) is 0 Å². The molecular formula is C25H34N4O2S. The lowest BCUT2D eigenvalue weighted by Gasteiger charge is -2.48. The first-order valence-corrected chi connectivity index (χ1v) is 12.8. The Kier molecular flexibility index (Phi) is 7.92. The second-order valence-electron chi connectivity index (χ2n) is 8.89. The Morgan fingerprint density at radius 3 is 2.31 bits per heavy atom. The van der Waals surface area contributed by atoms with Crippen LogP contribution in [0.1, 0.15) is 64.8 Å². The zero-order valence-corrected chi connectivity index (χ0v) is 19.9. The molecule has 2 aliphatic heterocycles. The quantitative estimate of drug-likeness (QED) is 0.539. The number of carbonyl (C=O) groups excluding carboxylic acids is 2. The summed E-state index contributed by atoms with van der Waals surface area (Å²) in [7, 11) is 0. The maximum Gasteiger partial charge on any atom is 0.282 e. The molecular weight excluding hydrogens is 420 g/mol. The van der Waals surface area contributed by atoms with Gasteiger partial charge in [-0.1, -0.05) is 44.7 Å². The summed E-state index contributed by atoms with van der Waals surface area (Å²) in [6.07, 6.45) is 9.21. The van der Waals surface area contributed by atoms with Gasteiger partial charge in [0.1, 0.15) is 0 Å². The average molecular weight is 455 g/mol. The molecule has 2 aliphatic rings. The van der Waals surface area contributed by atoms with Crippen molar-refractivity contribution in [1.29, 1.82) is 0 Å². The number of carbonyl (C=O) groups is 2. The summed E-state index contributed by atoms with van der Waals surface area (Å²) in [5.74, 6) is 0.169. The maximum absolute atomic E-state index is 12.8. The third-order valence-electron chi connectivity index (χ3n) is 6.65. The van der Waals surface area contributed by atoms with Gasteiger partial charge < -0.3 is 9.80 Å². The summed E-state index contributed by atoms with van der Waals surface area (Å²) in [5, 5.41) is 2.41. The van der Waals surface area contributed by atoms with Gasteiger partial charge in [-0.15, -0.1) is 11.3 Å². The number of hydrogen-bond acceptors (Lipinski definition) is 5. The first-order chi connectivity index (χ1) is 15.7. The molecule has 0 aliphatic carbocycles. The first kappa shape index (κ1) is 22.9. The second-order valence-corrected chi connectivity index (χ2v) is 9.79. The molecule has 2 saturated heterocycles. The maximum atomic E-state index is 12.8. The Labute approximate surface area is 195 Å². The number of nitrogens with zero attached hydrogens (tertiary/aromatic N) is 4. The third-order valence-corrected chi connectivity index (χ3v) is 7.41. The minimum Gasteiger partial charge on any atom is -0.335 e. The van der Waals surface area contributed by atoms with E-state index >= 15 is 0 Å². The van der Waals surface area contributed by atoms with E-state index < -0.39 is 0 Å². The van der Waals surface area contributed by atoms with E-state index in [2.05, 4.69) is 28.9 Å². The molecule has 7 heteroatoms. The van der Waals surface area contributed by atoms with E-state index in [1.54, 1.807) is 6.20 Å². The van der Waals surface area contributed by atoms with Gasteiger partial charge in [0.25, 0.3) is 11.8 Å². The van der Waals surface area contributed by atoms with E-state index in [1.165, 1.54) is 49.0 Å². The number of amides is 2. The van der Waals surface area contributed by atoms with Gasteiger partial charge in [-0.2, -0.15) is 0 Å². The zero-order chi connectivity index (χ0) is 22.3. The van der Waals surface area contributed by atoms with Crippen LogP contribution in [-0.2, 0) is 6.42 Å². The van der Waals surface area contributed by atoms with Crippen LogP contribution in [0.4, 0.5) is 0 Å².